The van der Waals surface area contributed by atoms with E-state index < -0.39 is 11.9 Å². The average Bonchev–Trinajstić information content (AvgIpc) is 2.65. The fraction of sp³-hybridized carbons (Fsp3) is 0.840. The van der Waals surface area contributed by atoms with Crippen LogP contribution in [0.5, 0.6) is 0 Å². The summed E-state index contributed by atoms with van der Waals surface area (Å²) in [5.41, 5.74) is 0.351. The van der Waals surface area contributed by atoms with Gasteiger partial charge in [-0.25, -0.2) is 4.79 Å². The molecule has 0 aromatic rings. The van der Waals surface area contributed by atoms with Crippen LogP contribution in [-0.2, 0) is 14.3 Å². The molecule has 1 N–H and O–H groups in total. The van der Waals surface area contributed by atoms with Crippen LogP contribution in [0.25, 0.3) is 0 Å². The first-order valence-electron chi connectivity index (χ1n) is 11.6. The molecule has 0 aromatic heterocycles. The first kappa shape index (κ1) is 22.4. The van der Waals surface area contributed by atoms with Gasteiger partial charge in [0.05, 0.1) is 13.0 Å². The number of carbonyl (C=O) groups excluding carboxylic acids is 1. The SMILES string of the molecule is C=C(CC(=O)O)C(=O)OCC1(C)CCCC2(C)C3CCC(C(C)C)CC3CCC12. The lowest BCUT2D eigenvalue weighted by Gasteiger charge is -2.61. The summed E-state index contributed by atoms with van der Waals surface area (Å²) in [4.78, 5) is 23.1. The first-order valence-corrected chi connectivity index (χ1v) is 11.6. The van der Waals surface area contributed by atoms with Crippen LogP contribution < -0.4 is 0 Å². The normalized spacial score (nSPS) is 39.3. The van der Waals surface area contributed by atoms with E-state index in [1.54, 1.807) is 0 Å². The molecule has 4 heteroatoms. The smallest absolute Gasteiger partial charge is 0.334 e. The molecule has 0 saturated heterocycles. The van der Waals surface area contributed by atoms with E-state index in [0.29, 0.717) is 17.9 Å². The number of carboxylic acids is 1. The van der Waals surface area contributed by atoms with Crippen molar-refractivity contribution < 1.29 is 19.4 Å². The Balaban J connectivity index is 1.69. The lowest BCUT2D eigenvalue weighted by atomic mass is 9.44. The molecular weight excluding hydrogens is 364 g/mol. The number of aliphatic carboxylic acids is 1. The summed E-state index contributed by atoms with van der Waals surface area (Å²) < 4.78 is 5.62. The number of hydrogen-bond acceptors (Lipinski definition) is 3. The van der Waals surface area contributed by atoms with Gasteiger partial charge in [-0.05, 0) is 80.0 Å². The third kappa shape index (κ3) is 4.41. The van der Waals surface area contributed by atoms with Gasteiger partial charge in [0, 0.05) is 11.0 Å². The van der Waals surface area contributed by atoms with Gasteiger partial charge in [-0.2, -0.15) is 0 Å². The van der Waals surface area contributed by atoms with Crippen LogP contribution in [0, 0.1) is 40.4 Å². The van der Waals surface area contributed by atoms with E-state index in [9.17, 15) is 9.59 Å². The van der Waals surface area contributed by atoms with E-state index in [1.807, 2.05) is 0 Å². The number of fused-ring (bicyclic) bond motifs is 3. The summed E-state index contributed by atoms with van der Waals surface area (Å²) in [5, 5.41) is 8.88. The van der Waals surface area contributed by atoms with E-state index in [4.69, 9.17) is 9.84 Å². The van der Waals surface area contributed by atoms with Crippen LogP contribution in [0.3, 0.4) is 0 Å². The van der Waals surface area contributed by atoms with Crippen molar-refractivity contribution in [2.75, 3.05) is 6.61 Å². The molecule has 0 aromatic carbocycles. The molecule has 29 heavy (non-hydrogen) atoms. The molecule has 3 rings (SSSR count). The highest BCUT2D eigenvalue weighted by Crippen LogP contribution is 2.64. The minimum atomic E-state index is -1.04. The van der Waals surface area contributed by atoms with Gasteiger partial charge >= 0.3 is 11.9 Å². The van der Waals surface area contributed by atoms with E-state index in [2.05, 4.69) is 34.3 Å². The number of carbonyl (C=O) groups is 2. The predicted octanol–water partition coefficient (Wildman–Crippen LogP) is 5.86. The van der Waals surface area contributed by atoms with Crippen molar-refractivity contribution in [1.29, 1.82) is 0 Å². The molecule has 0 radical (unpaired) electrons. The van der Waals surface area contributed by atoms with Gasteiger partial charge in [0.2, 0.25) is 0 Å². The van der Waals surface area contributed by atoms with E-state index >= 15 is 0 Å². The minimum absolute atomic E-state index is 0.0218. The summed E-state index contributed by atoms with van der Waals surface area (Å²) in [6, 6.07) is 0. The number of hydrogen-bond donors (Lipinski definition) is 1. The predicted molar refractivity (Wildman–Crippen MR) is 114 cm³/mol. The second-order valence-electron chi connectivity index (χ2n) is 11.1. The molecule has 3 aliphatic carbocycles. The zero-order chi connectivity index (χ0) is 21.4. The Morgan fingerprint density at radius 2 is 1.86 bits per heavy atom. The Morgan fingerprint density at radius 1 is 1.14 bits per heavy atom. The highest BCUT2D eigenvalue weighted by Gasteiger charge is 2.57. The van der Waals surface area contributed by atoms with E-state index in [1.165, 1.54) is 44.9 Å². The lowest BCUT2D eigenvalue weighted by Crippen LogP contribution is -2.55. The molecule has 3 saturated carbocycles. The Bertz CT molecular complexity index is 653. The van der Waals surface area contributed by atoms with Gasteiger partial charge in [0.1, 0.15) is 0 Å². The number of esters is 1. The maximum atomic E-state index is 12.2. The summed E-state index contributed by atoms with van der Waals surface area (Å²) in [6.07, 6.45) is 9.86. The second kappa shape index (κ2) is 8.43. The van der Waals surface area contributed by atoms with E-state index in [-0.39, 0.29) is 17.4 Å². The quantitative estimate of drug-likeness (QED) is 0.445. The third-order valence-corrected chi connectivity index (χ3v) is 8.93. The van der Waals surface area contributed by atoms with Crippen LogP contribution >= 0.6 is 0 Å². The zero-order valence-corrected chi connectivity index (χ0v) is 18.8. The van der Waals surface area contributed by atoms with Gasteiger partial charge in [-0.1, -0.05) is 40.7 Å². The van der Waals surface area contributed by atoms with Gasteiger partial charge in [-0.15, -0.1) is 0 Å². The molecular formula is C25H40O4. The maximum absolute atomic E-state index is 12.2. The highest BCUT2D eigenvalue weighted by molar-refractivity contribution is 5.92. The minimum Gasteiger partial charge on any atom is -0.481 e. The first-order chi connectivity index (χ1) is 13.6. The summed E-state index contributed by atoms with van der Waals surface area (Å²) in [5.74, 6) is 2.31. The Kier molecular flexibility index (Phi) is 6.50. The molecule has 0 aliphatic heterocycles. The van der Waals surface area contributed by atoms with Crippen molar-refractivity contribution in [3.63, 3.8) is 0 Å². The fourth-order valence-corrected chi connectivity index (χ4v) is 7.37. The Labute approximate surface area is 176 Å². The molecule has 3 aliphatic rings. The van der Waals surface area contributed by atoms with Crippen LogP contribution in [0.1, 0.15) is 85.5 Å². The Hall–Kier alpha value is -1.32. The molecule has 0 bridgehead atoms. The van der Waals surface area contributed by atoms with Crippen LogP contribution in [0.4, 0.5) is 0 Å². The lowest BCUT2D eigenvalue weighted by molar-refractivity contribution is -0.161. The summed E-state index contributed by atoms with van der Waals surface area (Å²) in [7, 11) is 0. The van der Waals surface area contributed by atoms with Gasteiger partial charge in [-0.3, -0.25) is 4.79 Å². The van der Waals surface area contributed by atoms with Crippen molar-refractivity contribution in [3.05, 3.63) is 12.2 Å². The van der Waals surface area contributed by atoms with Crippen molar-refractivity contribution in [3.8, 4) is 0 Å². The topological polar surface area (TPSA) is 63.6 Å². The highest BCUT2D eigenvalue weighted by atomic mass is 16.5. The van der Waals surface area contributed by atoms with Crippen molar-refractivity contribution in [2.45, 2.75) is 85.5 Å². The molecule has 6 unspecified atom stereocenters. The van der Waals surface area contributed by atoms with Crippen molar-refractivity contribution >= 4 is 11.9 Å². The molecule has 4 nitrogen and oxygen atoms in total. The molecule has 0 amide bonds. The number of rotatable bonds is 6. The van der Waals surface area contributed by atoms with Gasteiger partial charge < -0.3 is 9.84 Å². The van der Waals surface area contributed by atoms with Crippen LogP contribution in [-0.4, -0.2) is 23.7 Å². The van der Waals surface area contributed by atoms with Gasteiger partial charge in [0.25, 0.3) is 0 Å². The van der Waals surface area contributed by atoms with Crippen LogP contribution in [0.15, 0.2) is 12.2 Å². The monoisotopic (exact) mass is 404 g/mol. The summed E-state index contributed by atoms with van der Waals surface area (Å²) in [6.45, 7) is 13.6. The van der Waals surface area contributed by atoms with Gasteiger partial charge in [0.15, 0.2) is 0 Å². The zero-order valence-electron chi connectivity index (χ0n) is 18.8. The molecule has 164 valence electrons. The van der Waals surface area contributed by atoms with Crippen LogP contribution in [0.2, 0.25) is 0 Å². The number of carboxylic acid groups (broad SMARTS) is 1. The molecule has 6 atom stereocenters. The molecule has 3 fully saturated rings. The molecule has 0 spiro atoms. The van der Waals surface area contributed by atoms with E-state index in [0.717, 1.165) is 30.1 Å². The summed E-state index contributed by atoms with van der Waals surface area (Å²) >= 11 is 0. The third-order valence-electron chi connectivity index (χ3n) is 8.93. The standard InChI is InChI=1S/C25H40O4/c1-16(2)18-7-9-20-19(14-18)8-10-21-24(4,11-6-12-25(20,21)5)15-29-23(28)17(3)13-22(26)27/h16,18-21H,3,6-15H2,1-2,4-5H3,(H,26,27). The fourth-order valence-electron chi connectivity index (χ4n) is 7.37. The second-order valence-corrected chi connectivity index (χ2v) is 11.1. The largest absolute Gasteiger partial charge is 0.481 e. The van der Waals surface area contributed by atoms with Crippen molar-refractivity contribution in [1.82, 2.24) is 0 Å². The number of ether oxygens (including phenoxy) is 1. The maximum Gasteiger partial charge on any atom is 0.334 e. The van der Waals surface area contributed by atoms with Crippen molar-refractivity contribution in [2.24, 2.45) is 40.4 Å². The average molecular weight is 405 g/mol. The Morgan fingerprint density at radius 3 is 2.52 bits per heavy atom. The molecule has 0 heterocycles.